The predicted molar refractivity (Wildman–Crippen MR) is 168 cm³/mol. The second-order valence-electron chi connectivity index (χ2n) is 9.71. The van der Waals surface area contributed by atoms with Crippen LogP contribution in [0, 0.1) is 11.3 Å². The first-order chi connectivity index (χ1) is 21.5. The quantitative estimate of drug-likeness (QED) is 0.148. The molecule has 0 radical (unpaired) electrons. The molecule has 1 saturated carbocycles. The summed E-state index contributed by atoms with van der Waals surface area (Å²) < 4.78 is 16.8. The normalized spacial score (nSPS) is 12.9. The van der Waals surface area contributed by atoms with Crippen LogP contribution < -0.4 is 26.4 Å². The van der Waals surface area contributed by atoms with E-state index < -0.39 is 0 Å². The highest BCUT2D eigenvalue weighted by atomic mass is 35.5. The standard InChI is InChI=1S/C21H21ClN6O2.C9H10N4O/c1-24-20-15(17-7-8-19(22)30-17)12-26-21(28-20)27-13-9-18(16(10-23)25-11-13)29-14-5-3-2-4-6-14;1-11-8-6(5-12-9(10)13-8)7-3-2-4-14-7/h7-9,11-12,14H,2-6H2,1H3,(H2,24,26,27,28);2-5H,1H3,(H3,10,11,12,13). The van der Waals surface area contributed by atoms with Crippen LogP contribution in [0.4, 0.5) is 29.2 Å². The monoisotopic (exact) mass is 614 g/mol. The average molecular weight is 615 g/mol. The van der Waals surface area contributed by atoms with E-state index in [1.165, 1.54) is 6.42 Å². The number of hydrogen-bond donors (Lipinski definition) is 4. The zero-order valence-electron chi connectivity index (χ0n) is 24.2. The summed E-state index contributed by atoms with van der Waals surface area (Å²) in [6, 6.07) is 10.9. The molecule has 0 spiro atoms. The van der Waals surface area contributed by atoms with Gasteiger partial charge in [0, 0.05) is 32.6 Å². The molecule has 1 aliphatic rings. The molecule has 44 heavy (non-hydrogen) atoms. The second kappa shape index (κ2) is 14.2. The number of furan rings is 2. The van der Waals surface area contributed by atoms with Crippen LogP contribution in [0.2, 0.25) is 5.22 Å². The van der Waals surface area contributed by atoms with Gasteiger partial charge in [0.2, 0.25) is 11.9 Å². The third-order valence-corrected chi connectivity index (χ3v) is 6.96. The second-order valence-corrected chi connectivity index (χ2v) is 10.1. The summed E-state index contributed by atoms with van der Waals surface area (Å²) in [6.07, 6.45) is 12.1. The molecule has 6 rings (SSSR count). The molecular weight excluding hydrogens is 584 g/mol. The first-order valence-corrected chi connectivity index (χ1v) is 14.3. The summed E-state index contributed by atoms with van der Waals surface area (Å²) in [5.74, 6) is 3.62. The number of halogens is 1. The van der Waals surface area contributed by atoms with Crippen molar-refractivity contribution in [2.45, 2.75) is 38.2 Å². The molecule has 0 aromatic carbocycles. The molecule has 13 nitrogen and oxygen atoms in total. The SMILES string of the molecule is CNc1nc(N)ncc1-c1ccco1.CNc1nc(Nc2cnc(C#N)c(OC3CCCCC3)c2)ncc1-c1ccc(Cl)o1. The number of rotatable bonds is 8. The molecule has 0 amide bonds. The Hall–Kier alpha value is -5.35. The topological polar surface area (TPSA) is 186 Å². The molecule has 1 aliphatic carbocycles. The highest BCUT2D eigenvalue weighted by molar-refractivity contribution is 6.29. The minimum absolute atomic E-state index is 0.120. The number of anilines is 5. The lowest BCUT2D eigenvalue weighted by Gasteiger charge is -2.23. The van der Waals surface area contributed by atoms with Gasteiger partial charge in [-0.2, -0.15) is 15.2 Å². The Morgan fingerprint density at radius 1 is 0.955 bits per heavy atom. The van der Waals surface area contributed by atoms with Crippen molar-refractivity contribution in [1.29, 1.82) is 5.26 Å². The highest BCUT2D eigenvalue weighted by Gasteiger charge is 2.18. The minimum Gasteiger partial charge on any atom is -0.487 e. The van der Waals surface area contributed by atoms with Gasteiger partial charge in [0.05, 0.1) is 35.4 Å². The summed E-state index contributed by atoms with van der Waals surface area (Å²) in [6.45, 7) is 0. The van der Waals surface area contributed by atoms with E-state index >= 15 is 0 Å². The number of ether oxygens (including phenoxy) is 1. The first kappa shape index (κ1) is 30.1. The van der Waals surface area contributed by atoms with Crippen LogP contribution in [0.5, 0.6) is 5.75 Å². The molecule has 226 valence electrons. The first-order valence-electron chi connectivity index (χ1n) is 14.0. The van der Waals surface area contributed by atoms with Crippen molar-refractivity contribution in [1.82, 2.24) is 24.9 Å². The predicted octanol–water partition coefficient (Wildman–Crippen LogP) is 6.51. The van der Waals surface area contributed by atoms with E-state index in [1.807, 2.05) is 12.1 Å². The van der Waals surface area contributed by atoms with Crippen molar-refractivity contribution in [3.63, 3.8) is 0 Å². The van der Waals surface area contributed by atoms with Crippen LogP contribution in [-0.4, -0.2) is 45.1 Å². The highest BCUT2D eigenvalue weighted by Crippen LogP contribution is 2.32. The maximum Gasteiger partial charge on any atom is 0.229 e. The number of nitriles is 1. The van der Waals surface area contributed by atoms with Crippen molar-refractivity contribution in [3.8, 4) is 34.5 Å². The zero-order valence-corrected chi connectivity index (χ0v) is 24.9. The van der Waals surface area contributed by atoms with E-state index in [2.05, 4.69) is 46.9 Å². The van der Waals surface area contributed by atoms with Crippen LogP contribution in [0.15, 0.2) is 64.0 Å². The number of pyridine rings is 1. The Balaban J connectivity index is 0.000000229. The van der Waals surface area contributed by atoms with E-state index in [9.17, 15) is 5.26 Å². The molecule has 1 fully saturated rings. The van der Waals surface area contributed by atoms with Gasteiger partial charge in [0.25, 0.3) is 0 Å². The van der Waals surface area contributed by atoms with Crippen LogP contribution in [0.1, 0.15) is 37.8 Å². The number of nitrogens with zero attached hydrogens (tertiary/aromatic N) is 6. The van der Waals surface area contributed by atoms with E-state index in [4.69, 9.17) is 30.9 Å². The van der Waals surface area contributed by atoms with Crippen molar-refractivity contribution in [2.75, 3.05) is 35.8 Å². The van der Waals surface area contributed by atoms with Gasteiger partial charge < -0.3 is 35.3 Å². The lowest BCUT2D eigenvalue weighted by atomic mass is 9.98. The fourth-order valence-electron chi connectivity index (χ4n) is 4.65. The van der Waals surface area contributed by atoms with Gasteiger partial charge in [-0.25, -0.2) is 15.0 Å². The van der Waals surface area contributed by atoms with E-state index in [1.54, 1.807) is 57.1 Å². The molecule has 0 atom stereocenters. The molecule has 0 saturated heterocycles. The average Bonchev–Trinajstić information content (AvgIpc) is 3.74. The lowest BCUT2D eigenvalue weighted by Crippen LogP contribution is -2.20. The number of nitrogen functional groups attached to an aromatic ring is 1. The molecule has 0 unspecified atom stereocenters. The van der Waals surface area contributed by atoms with Gasteiger partial charge in [-0.15, -0.1) is 0 Å². The van der Waals surface area contributed by atoms with Gasteiger partial charge in [-0.1, -0.05) is 6.42 Å². The molecule has 0 aliphatic heterocycles. The van der Waals surface area contributed by atoms with Crippen molar-refractivity contribution in [2.24, 2.45) is 0 Å². The maximum absolute atomic E-state index is 9.37. The van der Waals surface area contributed by atoms with Gasteiger partial charge >= 0.3 is 0 Å². The van der Waals surface area contributed by atoms with Crippen LogP contribution >= 0.6 is 11.6 Å². The summed E-state index contributed by atoms with van der Waals surface area (Å²) in [5, 5.41) is 18.8. The fourth-order valence-corrected chi connectivity index (χ4v) is 4.79. The number of hydrogen-bond acceptors (Lipinski definition) is 13. The fraction of sp³-hybridized carbons (Fsp3) is 0.267. The van der Waals surface area contributed by atoms with Gasteiger partial charge in [-0.3, -0.25) is 0 Å². The van der Waals surface area contributed by atoms with Crippen LogP contribution in [0.25, 0.3) is 22.6 Å². The summed E-state index contributed by atoms with van der Waals surface area (Å²) in [5.41, 5.74) is 7.86. The molecule has 5 aromatic rings. The molecule has 5 aromatic heterocycles. The van der Waals surface area contributed by atoms with Crippen molar-refractivity contribution in [3.05, 3.63) is 66.1 Å². The molecular formula is C30H31ClN10O3. The lowest BCUT2D eigenvalue weighted by molar-refractivity contribution is 0.154. The number of nitrogens with two attached hydrogens (primary N) is 1. The third kappa shape index (κ3) is 7.34. The van der Waals surface area contributed by atoms with E-state index in [0.717, 1.165) is 31.2 Å². The summed E-state index contributed by atoms with van der Waals surface area (Å²) >= 11 is 5.87. The Labute approximate surface area is 258 Å². The molecule has 14 heteroatoms. The summed E-state index contributed by atoms with van der Waals surface area (Å²) in [7, 11) is 3.54. The van der Waals surface area contributed by atoms with E-state index in [-0.39, 0.29) is 17.7 Å². The maximum atomic E-state index is 9.37. The smallest absolute Gasteiger partial charge is 0.229 e. The third-order valence-electron chi connectivity index (χ3n) is 6.76. The van der Waals surface area contributed by atoms with Gasteiger partial charge in [0.15, 0.2) is 16.7 Å². The van der Waals surface area contributed by atoms with Crippen molar-refractivity contribution >= 4 is 40.8 Å². The molecule has 5 N–H and O–H groups in total. The van der Waals surface area contributed by atoms with E-state index in [0.29, 0.717) is 51.3 Å². The Morgan fingerprint density at radius 2 is 1.70 bits per heavy atom. The molecule has 0 bridgehead atoms. The van der Waals surface area contributed by atoms with Crippen molar-refractivity contribution < 1.29 is 13.6 Å². The van der Waals surface area contributed by atoms with Gasteiger partial charge in [-0.05, 0) is 61.5 Å². The van der Waals surface area contributed by atoms with Crippen LogP contribution in [0.3, 0.4) is 0 Å². The Kier molecular flexibility index (Phi) is 9.73. The largest absolute Gasteiger partial charge is 0.487 e. The zero-order chi connectivity index (χ0) is 30.9. The summed E-state index contributed by atoms with van der Waals surface area (Å²) in [4.78, 5) is 21.0. The number of nitrogens with one attached hydrogen (secondary N) is 3. The number of aromatic nitrogens is 5. The van der Waals surface area contributed by atoms with Crippen LogP contribution in [-0.2, 0) is 0 Å². The minimum atomic E-state index is 0.120. The van der Waals surface area contributed by atoms with Gasteiger partial charge in [0.1, 0.15) is 29.2 Å². The molecule has 5 heterocycles. The Morgan fingerprint density at radius 3 is 2.39 bits per heavy atom. The Bertz CT molecular complexity index is 1730.